The van der Waals surface area contributed by atoms with Gasteiger partial charge in [-0.1, -0.05) is 20.8 Å². The fourth-order valence-electron chi connectivity index (χ4n) is 2.24. The minimum atomic E-state index is -0.889. The third kappa shape index (κ3) is 2.64. The van der Waals surface area contributed by atoms with Crippen LogP contribution in [0.4, 0.5) is 8.78 Å². The topological polar surface area (TPSA) is 41.6 Å². The van der Waals surface area contributed by atoms with Crippen molar-refractivity contribution in [1.82, 2.24) is 9.55 Å². The van der Waals surface area contributed by atoms with E-state index in [1.807, 2.05) is 25.3 Å². The summed E-state index contributed by atoms with van der Waals surface area (Å²) >= 11 is 0. The standard InChI is InChI=1S/C15H17F2N3/c1-15(2,3)14-19-12-8-10(16)11(17)9-13(12)20(14)7-5-4-6-18/h8-9H,4-5,7H2,1-3H3. The van der Waals surface area contributed by atoms with Gasteiger partial charge in [0.1, 0.15) is 5.82 Å². The second-order valence-electron chi connectivity index (χ2n) is 5.85. The molecule has 0 unspecified atom stereocenters. The minimum Gasteiger partial charge on any atom is -0.327 e. The summed E-state index contributed by atoms with van der Waals surface area (Å²) in [5.74, 6) is -0.991. The summed E-state index contributed by atoms with van der Waals surface area (Å²) in [4.78, 5) is 4.44. The van der Waals surface area contributed by atoms with Crippen molar-refractivity contribution in [3.63, 3.8) is 0 Å². The van der Waals surface area contributed by atoms with Gasteiger partial charge < -0.3 is 4.57 Å². The van der Waals surface area contributed by atoms with Crippen LogP contribution < -0.4 is 0 Å². The number of hydrogen-bond acceptors (Lipinski definition) is 2. The van der Waals surface area contributed by atoms with E-state index in [0.717, 1.165) is 11.9 Å². The van der Waals surface area contributed by atoms with Gasteiger partial charge in [0.15, 0.2) is 11.6 Å². The number of unbranched alkanes of at least 4 members (excludes halogenated alkanes) is 1. The molecule has 0 radical (unpaired) electrons. The summed E-state index contributed by atoms with van der Waals surface area (Å²) in [5.41, 5.74) is 0.788. The van der Waals surface area contributed by atoms with E-state index in [0.29, 0.717) is 30.4 Å². The average molecular weight is 277 g/mol. The number of imidazole rings is 1. The van der Waals surface area contributed by atoms with Gasteiger partial charge in [-0.25, -0.2) is 13.8 Å². The molecule has 2 aromatic rings. The third-order valence-corrected chi connectivity index (χ3v) is 3.13. The highest BCUT2D eigenvalue weighted by Gasteiger charge is 2.23. The molecular weight excluding hydrogens is 260 g/mol. The van der Waals surface area contributed by atoms with Gasteiger partial charge in [-0.3, -0.25) is 0 Å². The van der Waals surface area contributed by atoms with E-state index >= 15 is 0 Å². The molecular formula is C15H17F2N3. The quantitative estimate of drug-likeness (QED) is 0.798. The van der Waals surface area contributed by atoms with Crippen LogP contribution >= 0.6 is 0 Å². The van der Waals surface area contributed by atoms with Gasteiger partial charge >= 0.3 is 0 Å². The van der Waals surface area contributed by atoms with Crippen molar-refractivity contribution in [1.29, 1.82) is 5.26 Å². The van der Waals surface area contributed by atoms with Crippen LogP contribution in [0.15, 0.2) is 12.1 Å². The highest BCUT2D eigenvalue weighted by molar-refractivity contribution is 5.76. The van der Waals surface area contributed by atoms with E-state index in [2.05, 4.69) is 11.1 Å². The summed E-state index contributed by atoms with van der Waals surface area (Å²) in [6, 6.07) is 4.39. The van der Waals surface area contributed by atoms with Crippen molar-refractivity contribution >= 4 is 11.0 Å². The molecule has 5 heteroatoms. The van der Waals surface area contributed by atoms with Gasteiger partial charge in [0.2, 0.25) is 0 Å². The van der Waals surface area contributed by atoms with Crippen LogP contribution in [0.2, 0.25) is 0 Å². The Morgan fingerprint density at radius 3 is 2.50 bits per heavy atom. The van der Waals surface area contributed by atoms with Gasteiger partial charge in [-0.05, 0) is 6.42 Å². The molecule has 2 rings (SSSR count). The van der Waals surface area contributed by atoms with E-state index in [1.54, 1.807) is 0 Å². The van der Waals surface area contributed by atoms with E-state index in [4.69, 9.17) is 5.26 Å². The number of aryl methyl sites for hydroxylation is 1. The van der Waals surface area contributed by atoms with E-state index < -0.39 is 11.6 Å². The van der Waals surface area contributed by atoms with Crippen molar-refractivity contribution in [2.24, 2.45) is 0 Å². The largest absolute Gasteiger partial charge is 0.327 e. The lowest BCUT2D eigenvalue weighted by Gasteiger charge is -2.20. The predicted molar refractivity (Wildman–Crippen MR) is 73.2 cm³/mol. The van der Waals surface area contributed by atoms with Crippen LogP contribution in [0.25, 0.3) is 11.0 Å². The zero-order chi connectivity index (χ0) is 14.9. The van der Waals surface area contributed by atoms with Gasteiger partial charge in [-0.2, -0.15) is 5.26 Å². The molecule has 0 spiro atoms. The fraction of sp³-hybridized carbons (Fsp3) is 0.467. The molecule has 0 N–H and O–H groups in total. The van der Waals surface area contributed by atoms with Crippen molar-refractivity contribution in [2.75, 3.05) is 0 Å². The maximum atomic E-state index is 13.5. The molecule has 0 saturated heterocycles. The Morgan fingerprint density at radius 1 is 1.25 bits per heavy atom. The first-order chi connectivity index (χ1) is 9.34. The number of hydrogen-bond donors (Lipinski definition) is 0. The number of fused-ring (bicyclic) bond motifs is 1. The molecule has 106 valence electrons. The molecule has 1 aromatic heterocycles. The predicted octanol–water partition coefficient (Wildman–Crippen LogP) is 3.92. The third-order valence-electron chi connectivity index (χ3n) is 3.13. The van der Waals surface area contributed by atoms with Crippen molar-refractivity contribution in [3.05, 3.63) is 29.6 Å². The Labute approximate surface area is 116 Å². The second-order valence-corrected chi connectivity index (χ2v) is 5.85. The maximum absolute atomic E-state index is 13.5. The Hall–Kier alpha value is -1.96. The van der Waals surface area contributed by atoms with Crippen molar-refractivity contribution in [3.8, 4) is 6.07 Å². The molecule has 3 nitrogen and oxygen atoms in total. The Balaban J connectivity index is 2.59. The van der Waals surface area contributed by atoms with Crippen LogP contribution in [0.3, 0.4) is 0 Å². The molecule has 0 atom stereocenters. The molecule has 1 heterocycles. The monoisotopic (exact) mass is 277 g/mol. The van der Waals surface area contributed by atoms with E-state index in [9.17, 15) is 8.78 Å². The number of nitrogens with zero attached hydrogens (tertiary/aromatic N) is 3. The molecule has 0 bridgehead atoms. The molecule has 1 aromatic carbocycles. The number of benzene rings is 1. The minimum absolute atomic E-state index is 0.237. The zero-order valence-electron chi connectivity index (χ0n) is 11.9. The first-order valence-electron chi connectivity index (χ1n) is 6.57. The normalized spacial score (nSPS) is 11.8. The van der Waals surface area contributed by atoms with Gasteiger partial charge in [0.05, 0.1) is 17.1 Å². The van der Waals surface area contributed by atoms with Crippen LogP contribution in [-0.2, 0) is 12.0 Å². The molecule has 0 aliphatic heterocycles. The highest BCUT2D eigenvalue weighted by Crippen LogP contribution is 2.28. The Kier molecular flexibility index (Phi) is 3.76. The summed E-state index contributed by atoms with van der Waals surface area (Å²) < 4.78 is 28.7. The number of rotatable bonds is 3. The molecule has 0 amide bonds. The molecule has 0 saturated carbocycles. The highest BCUT2D eigenvalue weighted by atomic mass is 19.2. The van der Waals surface area contributed by atoms with Gasteiger partial charge in [-0.15, -0.1) is 0 Å². The SMILES string of the molecule is CC(C)(C)c1nc2cc(F)c(F)cc2n1CCCC#N. The lowest BCUT2D eigenvalue weighted by Crippen LogP contribution is -2.19. The Morgan fingerprint density at radius 2 is 1.90 bits per heavy atom. The van der Waals surface area contributed by atoms with Crippen molar-refractivity contribution < 1.29 is 8.78 Å². The summed E-state index contributed by atoms with van der Waals surface area (Å²) in [5, 5.41) is 8.63. The Bertz CT molecular complexity index is 675. The van der Waals surface area contributed by atoms with Crippen LogP contribution in [0, 0.1) is 23.0 Å². The second kappa shape index (κ2) is 5.20. The van der Waals surface area contributed by atoms with Crippen molar-refractivity contribution in [2.45, 2.75) is 45.6 Å². The molecule has 0 aliphatic rings. The maximum Gasteiger partial charge on any atom is 0.161 e. The van der Waals surface area contributed by atoms with Crippen LogP contribution in [0.5, 0.6) is 0 Å². The van der Waals surface area contributed by atoms with Gasteiger partial charge in [0, 0.05) is 30.5 Å². The molecule has 0 fully saturated rings. The van der Waals surface area contributed by atoms with Crippen LogP contribution in [-0.4, -0.2) is 9.55 Å². The lowest BCUT2D eigenvalue weighted by molar-refractivity contribution is 0.496. The fourth-order valence-corrected chi connectivity index (χ4v) is 2.24. The molecule has 0 aliphatic carbocycles. The van der Waals surface area contributed by atoms with E-state index in [-0.39, 0.29) is 5.41 Å². The summed E-state index contributed by atoms with van der Waals surface area (Å²) in [6.07, 6.45) is 1.08. The first-order valence-corrected chi connectivity index (χ1v) is 6.57. The lowest BCUT2D eigenvalue weighted by atomic mass is 9.95. The zero-order valence-corrected chi connectivity index (χ0v) is 11.9. The van der Waals surface area contributed by atoms with E-state index in [1.165, 1.54) is 6.07 Å². The van der Waals surface area contributed by atoms with Crippen LogP contribution in [0.1, 0.15) is 39.4 Å². The van der Waals surface area contributed by atoms with Gasteiger partial charge in [0.25, 0.3) is 0 Å². The number of aromatic nitrogens is 2. The number of nitriles is 1. The summed E-state index contributed by atoms with van der Waals surface area (Å²) in [6.45, 7) is 6.58. The molecule has 20 heavy (non-hydrogen) atoms. The average Bonchev–Trinajstić information content (AvgIpc) is 2.69. The number of halogens is 2. The first kappa shape index (κ1) is 14.4. The smallest absolute Gasteiger partial charge is 0.161 e. The summed E-state index contributed by atoms with van der Waals surface area (Å²) in [7, 11) is 0.